The van der Waals surface area contributed by atoms with Crippen LogP contribution in [-0.2, 0) is 37.0 Å². The average Bonchev–Trinajstić information content (AvgIpc) is 3.10. The highest BCUT2D eigenvalue weighted by atomic mass is 32.2. The standard InChI is InChI=1S/C38H41NO7S/c1-24-34(23-47-35-14-6-5-13-33(35)43-4)45-38(46-36(24)29-17-15-27(22-40)16-18-29)32-12-8-11-31(20-32)30-10-7-9-28(19-30)21-39-37(42)25(2)44-26(3)41/h5-20,24-25,34,36,38,40H,21-23H2,1-4H3,(H,39,42). The van der Waals surface area contributed by atoms with Crippen molar-refractivity contribution < 1.29 is 33.6 Å². The second kappa shape index (κ2) is 16.1. The third-order valence-corrected chi connectivity index (χ3v) is 9.34. The predicted molar refractivity (Wildman–Crippen MR) is 182 cm³/mol. The van der Waals surface area contributed by atoms with Crippen LogP contribution in [0, 0.1) is 5.92 Å². The molecule has 246 valence electrons. The minimum atomic E-state index is -0.862. The normalized spacial score (nSPS) is 19.9. The third kappa shape index (κ3) is 8.81. The van der Waals surface area contributed by atoms with Crippen LogP contribution in [0.15, 0.2) is 102 Å². The zero-order chi connectivity index (χ0) is 33.3. The van der Waals surface area contributed by atoms with E-state index in [9.17, 15) is 14.7 Å². The van der Waals surface area contributed by atoms with Crippen molar-refractivity contribution in [1.82, 2.24) is 5.32 Å². The molecule has 4 aromatic carbocycles. The Bertz CT molecular complexity index is 1660. The molecule has 5 rings (SSSR count). The first kappa shape index (κ1) is 34.2. The molecule has 0 bridgehead atoms. The lowest BCUT2D eigenvalue weighted by Gasteiger charge is -2.41. The lowest BCUT2D eigenvalue weighted by atomic mass is 9.91. The van der Waals surface area contributed by atoms with Crippen molar-refractivity contribution in [1.29, 1.82) is 0 Å². The lowest BCUT2D eigenvalue weighted by Crippen LogP contribution is -2.38. The van der Waals surface area contributed by atoms with Gasteiger partial charge in [0.15, 0.2) is 12.4 Å². The van der Waals surface area contributed by atoms with Gasteiger partial charge in [0.1, 0.15) is 5.75 Å². The molecule has 5 unspecified atom stereocenters. The van der Waals surface area contributed by atoms with Crippen molar-refractivity contribution >= 4 is 23.6 Å². The van der Waals surface area contributed by atoms with E-state index in [1.165, 1.54) is 6.92 Å². The topological polar surface area (TPSA) is 103 Å². The van der Waals surface area contributed by atoms with Gasteiger partial charge in [0.25, 0.3) is 5.91 Å². The molecule has 1 saturated heterocycles. The van der Waals surface area contributed by atoms with E-state index in [0.717, 1.165) is 44.0 Å². The van der Waals surface area contributed by atoms with Gasteiger partial charge in [0, 0.05) is 35.6 Å². The van der Waals surface area contributed by atoms with E-state index in [-0.39, 0.29) is 30.6 Å². The number of methoxy groups -OCH3 is 1. The van der Waals surface area contributed by atoms with E-state index < -0.39 is 18.4 Å². The summed E-state index contributed by atoms with van der Waals surface area (Å²) in [5.41, 5.74) is 5.65. The summed E-state index contributed by atoms with van der Waals surface area (Å²) in [7, 11) is 1.68. The van der Waals surface area contributed by atoms with Gasteiger partial charge >= 0.3 is 5.97 Å². The van der Waals surface area contributed by atoms with Crippen molar-refractivity contribution in [2.45, 2.75) is 63.4 Å². The summed E-state index contributed by atoms with van der Waals surface area (Å²) in [5, 5.41) is 12.4. The number of aliphatic hydroxyl groups is 1. The van der Waals surface area contributed by atoms with Gasteiger partial charge in [0.2, 0.25) is 0 Å². The number of amides is 1. The van der Waals surface area contributed by atoms with Crippen LogP contribution >= 0.6 is 11.8 Å². The van der Waals surface area contributed by atoms with Crippen LogP contribution < -0.4 is 10.1 Å². The summed E-state index contributed by atoms with van der Waals surface area (Å²) in [6, 6.07) is 32.0. The Morgan fingerprint density at radius 1 is 0.894 bits per heavy atom. The maximum Gasteiger partial charge on any atom is 0.303 e. The maximum absolute atomic E-state index is 12.4. The summed E-state index contributed by atoms with van der Waals surface area (Å²) in [5.74, 6) is 0.732. The Morgan fingerprint density at radius 2 is 1.62 bits per heavy atom. The second-order valence-electron chi connectivity index (χ2n) is 11.6. The largest absolute Gasteiger partial charge is 0.496 e. The summed E-state index contributed by atoms with van der Waals surface area (Å²) in [4.78, 5) is 24.6. The quantitative estimate of drug-likeness (QED) is 0.124. The zero-order valence-corrected chi connectivity index (χ0v) is 27.9. The highest BCUT2D eigenvalue weighted by Gasteiger charge is 2.38. The molecule has 0 spiro atoms. The first-order valence-corrected chi connectivity index (χ1v) is 16.6. The highest BCUT2D eigenvalue weighted by molar-refractivity contribution is 7.99. The van der Waals surface area contributed by atoms with Gasteiger partial charge in [0.05, 0.1) is 25.9 Å². The Balaban J connectivity index is 1.37. The number of carbonyl (C=O) groups is 2. The van der Waals surface area contributed by atoms with Crippen molar-refractivity contribution in [3.8, 4) is 16.9 Å². The van der Waals surface area contributed by atoms with Gasteiger partial charge in [-0.1, -0.05) is 79.7 Å². The van der Waals surface area contributed by atoms with Crippen molar-refractivity contribution in [2.24, 2.45) is 5.92 Å². The molecule has 1 aliphatic rings. The molecule has 4 aromatic rings. The van der Waals surface area contributed by atoms with Gasteiger partial charge in [-0.05, 0) is 59.0 Å². The molecular formula is C38H41NO7S. The van der Waals surface area contributed by atoms with Crippen LogP contribution in [0.1, 0.15) is 55.4 Å². The number of hydrogen-bond donors (Lipinski definition) is 2. The Hall–Kier alpha value is -4.15. The molecule has 0 aliphatic carbocycles. The molecule has 2 N–H and O–H groups in total. The minimum absolute atomic E-state index is 0.0148. The van der Waals surface area contributed by atoms with Crippen molar-refractivity contribution in [3.05, 3.63) is 119 Å². The predicted octanol–water partition coefficient (Wildman–Crippen LogP) is 7.01. The molecule has 5 atom stereocenters. The molecule has 0 radical (unpaired) electrons. The summed E-state index contributed by atoms with van der Waals surface area (Å²) in [6.45, 7) is 5.27. The van der Waals surface area contributed by atoms with E-state index in [2.05, 4.69) is 24.4 Å². The second-order valence-corrected chi connectivity index (χ2v) is 12.6. The number of carbonyl (C=O) groups excluding carboxylic acids is 2. The van der Waals surface area contributed by atoms with Crippen LogP contribution in [0.2, 0.25) is 0 Å². The molecule has 0 aromatic heterocycles. The lowest BCUT2D eigenvalue weighted by molar-refractivity contribution is -0.268. The Kier molecular flexibility index (Phi) is 11.7. The van der Waals surface area contributed by atoms with Crippen LogP contribution in [0.4, 0.5) is 0 Å². The van der Waals surface area contributed by atoms with Crippen molar-refractivity contribution in [2.75, 3.05) is 12.9 Å². The Morgan fingerprint density at radius 3 is 2.34 bits per heavy atom. The van der Waals surface area contributed by atoms with Gasteiger partial charge < -0.3 is 29.4 Å². The monoisotopic (exact) mass is 655 g/mol. The van der Waals surface area contributed by atoms with Crippen LogP contribution in [0.3, 0.4) is 0 Å². The fraction of sp³-hybridized carbons (Fsp3) is 0.316. The number of thioether (sulfide) groups is 1. The van der Waals surface area contributed by atoms with Crippen LogP contribution in [0.5, 0.6) is 5.75 Å². The number of hydrogen-bond acceptors (Lipinski definition) is 8. The smallest absolute Gasteiger partial charge is 0.303 e. The van der Waals surface area contributed by atoms with Crippen molar-refractivity contribution in [3.63, 3.8) is 0 Å². The van der Waals surface area contributed by atoms with Crippen LogP contribution in [0.25, 0.3) is 11.1 Å². The van der Waals surface area contributed by atoms with Gasteiger partial charge in [-0.15, -0.1) is 11.8 Å². The summed E-state index contributed by atoms with van der Waals surface area (Å²) < 4.78 is 24.0. The minimum Gasteiger partial charge on any atom is -0.496 e. The number of aliphatic hydroxyl groups excluding tert-OH is 1. The third-order valence-electron chi connectivity index (χ3n) is 8.19. The zero-order valence-electron chi connectivity index (χ0n) is 27.1. The Labute approximate surface area is 280 Å². The maximum atomic E-state index is 12.4. The van der Waals surface area contributed by atoms with Gasteiger partial charge in [-0.2, -0.15) is 0 Å². The average molecular weight is 656 g/mol. The number of rotatable bonds is 12. The molecule has 1 heterocycles. The molecule has 47 heavy (non-hydrogen) atoms. The van der Waals surface area contributed by atoms with E-state index in [0.29, 0.717) is 12.3 Å². The van der Waals surface area contributed by atoms with Crippen LogP contribution in [-0.4, -0.2) is 42.1 Å². The number of nitrogens with one attached hydrogen (secondary N) is 1. The van der Waals surface area contributed by atoms with Gasteiger partial charge in [-0.3, -0.25) is 9.59 Å². The fourth-order valence-electron chi connectivity index (χ4n) is 5.58. The number of benzene rings is 4. The summed E-state index contributed by atoms with van der Waals surface area (Å²) >= 11 is 1.70. The highest BCUT2D eigenvalue weighted by Crippen LogP contribution is 2.44. The van der Waals surface area contributed by atoms with E-state index >= 15 is 0 Å². The number of ether oxygens (including phenoxy) is 4. The molecule has 1 fully saturated rings. The van der Waals surface area contributed by atoms with Gasteiger partial charge in [-0.25, -0.2) is 0 Å². The molecule has 0 saturated carbocycles. The fourth-order valence-corrected chi connectivity index (χ4v) is 6.78. The van der Waals surface area contributed by atoms with E-state index in [1.807, 2.05) is 84.9 Å². The summed E-state index contributed by atoms with van der Waals surface area (Å²) in [6.07, 6.45) is -1.83. The first-order valence-electron chi connectivity index (χ1n) is 15.7. The molecule has 1 aliphatic heterocycles. The molecule has 1 amide bonds. The number of esters is 1. The first-order chi connectivity index (χ1) is 22.7. The molecule has 8 nitrogen and oxygen atoms in total. The van der Waals surface area contributed by atoms with E-state index in [1.54, 1.807) is 25.8 Å². The molecular weight excluding hydrogens is 614 g/mol. The van der Waals surface area contributed by atoms with E-state index in [4.69, 9.17) is 18.9 Å². The SMILES string of the molecule is COc1ccccc1SCC1OC(c2cccc(-c3cccc(CNC(=O)C(C)OC(C)=O)c3)c2)OC(c2ccc(CO)cc2)C1C. The molecule has 9 heteroatoms. The number of para-hydroxylation sites is 1.